The molecule has 3 nitrogen and oxygen atoms in total. The molecule has 2 aromatic rings. The lowest BCUT2D eigenvalue weighted by Gasteiger charge is -1.99. The standard InChI is InChI=1S/C8H5Cl2N3/c1-4-2-5-6(3-11-4)13-8(10)7(9)12-5/h2-3H,1H3. The summed E-state index contributed by atoms with van der Waals surface area (Å²) in [4.78, 5) is 12.2. The van der Waals surface area contributed by atoms with E-state index in [0.717, 1.165) is 5.69 Å². The van der Waals surface area contributed by atoms with Gasteiger partial charge in [-0.05, 0) is 13.0 Å². The lowest BCUT2D eigenvalue weighted by Crippen LogP contribution is -1.89. The van der Waals surface area contributed by atoms with Gasteiger partial charge in [-0.2, -0.15) is 0 Å². The zero-order chi connectivity index (χ0) is 9.42. The number of hydrogen-bond acceptors (Lipinski definition) is 3. The van der Waals surface area contributed by atoms with Crippen LogP contribution in [0.3, 0.4) is 0 Å². The first kappa shape index (κ1) is 8.66. The second-order valence-corrected chi connectivity index (χ2v) is 3.34. The summed E-state index contributed by atoms with van der Waals surface area (Å²) in [6.45, 7) is 1.88. The summed E-state index contributed by atoms with van der Waals surface area (Å²) >= 11 is 11.4. The fraction of sp³-hybridized carbons (Fsp3) is 0.125. The number of aromatic nitrogens is 3. The van der Waals surface area contributed by atoms with Crippen molar-refractivity contribution in [3.63, 3.8) is 0 Å². The van der Waals surface area contributed by atoms with Gasteiger partial charge in [0.2, 0.25) is 0 Å². The van der Waals surface area contributed by atoms with Gasteiger partial charge in [-0.25, -0.2) is 9.97 Å². The fourth-order valence-electron chi connectivity index (χ4n) is 1.02. The number of fused-ring (bicyclic) bond motifs is 1. The van der Waals surface area contributed by atoms with E-state index in [1.165, 1.54) is 0 Å². The largest absolute Gasteiger partial charge is 0.259 e. The number of nitrogens with zero attached hydrogens (tertiary/aromatic N) is 3. The SMILES string of the molecule is Cc1cc2nc(Cl)c(Cl)nc2cn1. The number of aryl methyl sites for hydroxylation is 1. The Bertz CT molecular complexity index is 470. The molecule has 0 radical (unpaired) electrons. The summed E-state index contributed by atoms with van der Waals surface area (Å²) < 4.78 is 0. The van der Waals surface area contributed by atoms with Gasteiger partial charge in [0.15, 0.2) is 10.3 Å². The van der Waals surface area contributed by atoms with Gasteiger partial charge in [0.25, 0.3) is 0 Å². The Morgan fingerprint density at radius 1 is 1.08 bits per heavy atom. The van der Waals surface area contributed by atoms with Crippen molar-refractivity contribution in [1.29, 1.82) is 0 Å². The van der Waals surface area contributed by atoms with E-state index in [4.69, 9.17) is 23.2 Å². The van der Waals surface area contributed by atoms with Gasteiger partial charge in [-0.3, -0.25) is 4.98 Å². The van der Waals surface area contributed by atoms with Crippen molar-refractivity contribution in [2.45, 2.75) is 6.92 Å². The molecule has 0 bridgehead atoms. The van der Waals surface area contributed by atoms with Gasteiger partial charge in [0, 0.05) is 5.69 Å². The van der Waals surface area contributed by atoms with Crippen molar-refractivity contribution in [2.75, 3.05) is 0 Å². The van der Waals surface area contributed by atoms with E-state index in [2.05, 4.69) is 15.0 Å². The fourth-order valence-corrected chi connectivity index (χ4v) is 1.28. The Morgan fingerprint density at radius 2 is 1.69 bits per heavy atom. The Kier molecular flexibility index (Phi) is 2.06. The Morgan fingerprint density at radius 3 is 2.38 bits per heavy atom. The van der Waals surface area contributed by atoms with Crippen LogP contribution in [-0.2, 0) is 0 Å². The third kappa shape index (κ3) is 1.57. The van der Waals surface area contributed by atoms with Crippen molar-refractivity contribution in [1.82, 2.24) is 15.0 Å². The lowest BCUT2D eigenvalue weighted by atomic mass is 10.3. The highest BCUT2D eigenvalue weighted by Gasteiger charge is 2.04. The van der Waals surface area contributed by atoms with Crippen LogP contribution in [0.25, 0.3) is 11.0 Å². The van der Waals surface area contributed by atoms with Crippen LogP contribution in [0.15, 0.2) is 12.3 Å². The molecule has 13 heavy (non-hydrogen) atoms. The summed E-state index contributed by atoms with van der Waals surface area (Å²) in [5.41, 5.74) is 2.24. The van der Waals surface area contributed by atoms with E-state index in [0.29, 0.717) is 11.0 Å². The first-order valence-electron chi connectivity index (χ1n) is 3.62. The van der Waals surface area contributed by atoms with Gasteiger partial charge in [-0.1, -0.05) is 23.2 Å². The number of hydrogen-bond donors (Lipinski definition) is 0. The highest BCUT2D eigenvalue weighted by molar-refractivity contribution is 6.40. The van der Waals surface area contributed by atoms with Gasteiger partial charge in [0.05, 0.1) is 11.7 Å². The van der Waals surface area contributed by atoms with Crippen molar-refractivity contribution in [3.05, 3.63) is 28.3 Å². The molecule has 0 spiro atoms. The minimum atomic E-state index is 0.208. The minimum absolute atomic E-state index is 0.208. The molecule has 0 N–H and O–H groups in total. The second-order valence-electron chi connectivity index (χ2n) is 2.62. The van der Waals surface area contributed by atoms with E-state index >= 15 is 0 Å². The molecule has 0 aromatic carbocycles. The van der Waals surface area contributed by atoms with Crippen LogP contribution in [0.5, 0.6) is 0 Å². The molecule has 2 aromatic heterocycles. The van der Waals surface area contributed by atoms with Crippen molar-refractivity contribution in [2.24, 2.45) is 0 Å². The zero-order valence-corrected chi connectivity index (χ0v) is 8.26. The van der Waals surface area contributed by atoms with Crippen LogP contribution in [0, 0.1) is 6.92 Å². The van der Waals surface area contributed by atoms with Crippen LogP contribution >= 0.6 is 23.2 Å². The summed E-state index contributed by atoms with van der Waals surface area (Å²) in [6.07, 6.45) is 1.62. The molecule has 0 aliphatic carbocycles. The average Bonchev–Trinajstić information content (AvgIpc) is 2.08. The number of pyridine rings is 1. The predicted molar refractivity (Wildman–Crippen MR) is 52.1 cm³/mol. The molecule has 0 aliphatic rings. The third-order valence-corrected chi connectivity index (χ3v) is 2.23. The topological polar surface area (TPSA) is 38.7 Å². The van der Waals surface area contributed by atoms with Crippen molar-refractivity contribution in [3.8, 4) is 0 Å². The lowest BCUT2D eigenvalue weighted by molar-refractivity contribution is 1.18. The molecule has 0 unspecified atom stereocenters. The van der Waals surface area contributed by atoms with Gasteiger partial charge < -0.3 is 0 Å². The zero-order valence-electron chi connectivity index (χ0n) is 6.75. The normalized spacial score (nSPS) is 10.7. The van der Waals surface area contributed by atoms with E-state index in [9.17, 15) is 0 Å². The highest BCUT2D eigenvalue weighted by Crippen LogP contribution is 2.20. The maximum absolute atomic E-state index is 5.71. The quantitative estimate of drug-likeness (QED) is 0.676. The summed E-state index contributed by atoms with van der Waals surface area (Å²) in [5.74, 6) is 0. The number of rotatable bonds is 0. The average molecular weight is 214 g/mol. The molecule has 5 heteroatoms. The molecule has 2 heterocycles. The molecule has 0 saturated heterocycles. The molecule has 0 atom stereocenters. The van der Waals surface area contributed by atoms with E-state index in [-0.39, 0.29) is 10.3 Å². The molecule has 2 rings (SSSR count). The molecular weight excluding hydrogens is 209 g/mol. The Hall–Kier alpha value is -0.930. The molecule has 0 fully saturated rings. The maximum Gasteiger partial charge on any atom is 0.167 e. The van der Waals surface area contributed by atoms with E-state index < -0.39 is 0 Å². The van der Waals surface area contributed by atoms with Crippen LogP contribution in [-0.4, -0.2) is 15.0 Å². The van der Waals surface area contributed by atoms with Crippen LogP contribution < -0.4 is 0 Å². The van der Waals surface area contributed by atoms with Crippen LogP contribution in [0.2, 0.25) is 10.3 Å². The van der Waals surface area contributed by atoms with Crippen molar-refractivity contribution < 1.29 is 0 Å². The second kappa shape index (κ2) is 3.09. The smallest absolute Gasteiger partial charge is 0.167 e. The minimum Gasteiger partial charge on any atom is -0.259 e. The first-order valence-corrected chi connectivity index (χ1v) is 4.38. The summed E-state index contributed by atoms with van der Waals surface area (Å²) in [6, 6.07) is 1.81. The summed E-state index contributed by atoms with van der Waals surface area (Å²) in [5, 5.41) is 0.430. The van der Waals surface area contributed by atoms with E-state index in [1.54, 1.807) is 6.20 Å². The molecule has 0 saturated carbocycles. The maximum atomic E-state index is 5.71. The molecular formula is C8H5Cl2N3. The first-order chi connectivity index (χ1) is 6.16. The summed E-state index contributed by atoms with van der Waals surface area (Å²) in [7, 11) is 0. The molecule has 0 amide bonds. The Balaban J connectivity index is 2.81. The predicted octanol–water partition coefficient (Wildman–Crippen LogP) is 2.64. The monoisotopic (exact) mass is 213 g/mol. The van der Waals surface area contributed by atoms with Crippen molar-refractivity contribution >= 4 is 34.2 Å². The van der Waals surface area contributed by atoms with Crippen LogP contribution in [0.1, 0.15) is 5.69 Å². The third-order valence-electron chi connectivity index (χ3n) is 1.61. The van der Waals surface area contributed by atoms with E-state index in [1.807, 2.05) is 13.0 Å². The molecule has 66 valence electrons. The Labute approximate surface area is 84.7 Å². The van der Waals surface area contributed by atoms with Gasteiger partial charge in [0.1, 0.15) is 5.52 Å². The molecule has 0 aliphatic heterocycles. The van der Waals surface area contributed by atoms with Crippen LogP contribution in [0.4, 0.5) is 0 Å². The van der Waals surface area contributed by atoms with Gasteiger partial charge in [-0.15, -0.1) is 0 Å². The van der Waals surface area contributed by atoms with Gasteiger partial charge >= 0.3 is 0 Å². The highest BCUT2D eigenvalue weighted by atomic mass is 35.5. The number of halogens is 2.